The number of hydrogen-bond donors (Lipinski definition) is 1. The summed E-state index contributed by atoms with van der Waals surface area (Å²) < 4.78 is 0. The Balaban J connectivity index is 2.65. The standard InChI is InChI=1S/C14H25N3/c1-10(2)12-9-11(3)16-13(17-12)15-8-7-14(4,5)6/h9-10H,7-8H2,1-6H3,(H,15,16,17). The molecule has 0 fully saturated rings. The Bertz CT molecular complexity index is 364. The van der Waals surface area contributed by atoms with E-state index in [4.69, 9.17) is 0 Å². The molecule has 0 aliphatic heterocycles. The number of aromatic nitrogens is 2. The first-order valence-corrected chi connectivity index (χ1v) is 6.37. The van der Waals surface area contributed by atoms with Crippen molar-refractivity contribution in [3.05, 3.63) is 17.5 Å². The zero-order valence-electron chi connectivity index (χ0n) is 12.0. The summed E-state index contributed by atoms with van der Waals surface area (Å²) in [5.74, 6) is 1.21. The topological polar surface area (TPSA) is 37.8 Å². The van der Waals surface area contributed by atoms with Gasteiger partial charge in [-0.05, 0) is 30.7 Å². The van der Waals surface area contributed by atoms with E-state index in [0.717, 1.165) is 30.3 Å². The van der Waals surface area contributed by atoms with E-state index in [1.54, 1.807) is 0 Å². The van der Waals surface area contributed by atoms with Crippen LogP contribution in [-0.4, -0.2) is 16.5 Å². The summed E-state index contributed by atoms with van der Waals surface area (Å²) in [5.41, 5.74) is 2.48. The summed E-state index contributed by atoms with van der Waals surface area (Å²) in [5, 5.41) is 3.32. The van der Waals surface area contributed by atoms with Crippen LogP contribution in [0.25, 0.3) is 0 Å². The number of hydrogen-bond acceptors (Lipinski definition) is 3. The maximum absolute atomic E-state index is 4.53. The molecule has 1 N–H and O–H groups in total. The fraction of sp³-hybridized carbons (Fsp3) is 0.714. The number of nitrogens with one attached hydrogen (secondary N) is 1. The van der Waals surface area contributed by atoms with Gasteiger partial charge in [0.05, 0.1) is 0 Å². The van der Waals surface area contributed by atoms with Gasteiger partial charge in [0.2, 0.25) is 5.95 Å². The zero-order chi connectivity index (χ0) is 13.1. The van der Waals surface area contributed by atoms with Crippen LogP contribution in [-0.2, 0) is 0 Å². The monoisotopic (exact) mass is 235 g/mol. The number of rotatable bonds is 4. The molecule has 0 aliphatic rings. The summed E-state index contributed by atoms with van der Waals surface area (Å²) in [6.45, 7) is 14.0. The average Bonchev–Trinajstić information content (AvgIpc) is 2.14. The number of nitrogens with zero attached hydrogens (tertiary/aromatic N) is 2. The maximum atomic E-state index is 4.53. The van der Waals surface area contributed by atoms with Crippen molar-refractivity contribution in [1.82, 2.24) is 9.97 Å². The van der Waals surface area contributed by atoms with Crippen molar-refractivity contribution in [3.8, 4) is 0 Å². The van der Waals surface area contributed by atoms with Crippen LogP contribution in [0.4, 0.5) is 5.95 Å². The molecule has 3 heteroatoms. The third kappa shape index (κ3) is 5.16. The molecule has 1 heterocycles. The van der Waals surface area contributed by atoms with E-state index in [0.29, 0.717) is 11.3 Å². The summed E-state index contributed by atoms with van der Waals surface area (Å²) in [6, 6.07) is 2.06. The molecule has 96 valence electrons. The molecule has 3 nitrogen and oxygen atoms in total. The third-order valence-electron chi connectivity index (χ3n) is 2.62. The van der Waals surface area contributed by atoms with Gasteiger partial charge in [0, 0.05) is 17.9 Å². The molecule has 0 unspecified atom stereocenters. The molecule has 0 amide bonds. The third-order valence-corrected chi connectivity index (χ3v) is 2.62. The van der Waals surface area contributed by atoms with E-state index in [1.165, 1.54) is 0 Å². The lowest BCUT2D eigenvalue weighted by molar-refractivity contribution is 0.389. The second-order valence-corrected chi connectivity index (χ2v) is 6.15. The van der Waals surface area contributed by atoms with Crippen LogP contribution in [0.15, 0.2) is 6.07 Å². The highest BCUT2D eigenvalue weighted by molar-refractivity contribution is 5.28. The molecule has 1 rings (SSSR count). The Kier molecular flexibility index (Phi) is 4.49. The Morgan fingerprint density at radius 2 is 1.88 bits per heavy atom. The molecule has 0 aliphatic carbocycles. The first-order valence-electron chi connectivity index (χ1n) is 6.37. The molecular formula is C14H25N3. The molecule has 1 aromatic rings. The summed E-state index contributed by atoms with van der Waals surface area (Å²) >= 11 is 0. The molecule has 0 saturated carbocycles. The van der Waals surface area contributed by atoms with Crippen LogP contribution in [0.1, 0.15) is 58.3 Å². The predicted octanol–water partition coefficient (Wildman–Crippen LogP) is 3.76. The van der Waals surface area contributed by atoms with Gasteiger partial charge in [0.1, 0.15) is 0 Å². The first kappa shape index (κ1) is 13.9. The van der Waals surface area contributed by atoms with Gasteiger partial charge in [-0.2, -0.15) is 0 Å². The van der Waals surface area contributed by atoms with Crippen LogP contribution >= 0.6 is 0 Å². The van der Waals surface area contributed by atoms with Crippen LogP contribution in [0, 0.1) is 12.3 Å². The Morgan fingerprint density at radius 1 is 1.24 bits per heavy atom. The smallest absolute Gasteiger partial charge is 0.223 e. The van der Waals surface area contributed by atoms with Gasteiger partial charge in [-0.1, -0.05) is 34.6 Å². The Hall–Kier alpha value is -1.12. The predicted molar refractivity (Wildman–Crippen MR) is 73.4 cm³/mol. The van der Waals surface area contributed by atoms with Gasteiger partial charge < -0.3 is 5.32 Å². The zero-order valence-corrected chi connectivity index (χ0v) is 12.0. The van der Waals surface area contributed by atoms with Crippen molar-refractivity contribution in [2.75, 3.05) is 11.9 Å². The van der Waals surface area contributed by atoms with Gasteiger partial charge in [0.25, 0.3) is 0 Å². The van der Waals surface area contributed by atoms with Crippen molar-refractivity contribution in [1.29, 1.82) is 0 Å². The van der Waals surface area contributed by atoms with E-state index < -0.39 is 0 Å². The SMILES string of the molecule is Cc1cc(C(C)C)nc(NCCC(C)(C)C)n1. The average molecular weight is 235 g/mol. The van der Waals surface area contributed by atoms with Gasteiger partial charge in [-0.3, -0.25) is 0 Å². The van der Waals surface area contributed by atoms with E-state index in [9.17, 15) is 0 Å². The lowest BCUT2D eigenvalue weighted by Crippen LogP contribution is -2.15. The highest BCUT2D eigenvalue weighted by Crippen LogP contribution is 2.19. The number of aryl methyl sites for hydroxylation is 1. The van der Waals surface area contributed by atoms with Crippen molar-refractivity contribution >= 4 is 5.95 Å². The fourth-order valence-corrected chi connectivity index (χ4v) is 1.52. The highest BCUT2D eigenvalue weighted by atomic mass is 15.1. The summed E-state index contributed by atoms with van der Waals surface area (Å²) in [7, 11) is 0. The Labute approximate surface area is 105 Å². The van der Waals surface area contributed by atoms with Crippen molar-refractivity contribution < 1.29 is 0 Å². The minimum atomic E-state index is 0.345. The van der Waals surface area contributed by atoms with E-state index >= 15 is 0 Å². The van der Waals surface area contributed by atoms with Crippen molar-refractivity contribution in [2.24, 2.45) is 5.41 Å². The largest absolute Gasteiger partial charge is 0.354 e. The van der Waals surface area contributed by atoms with Gasteiger partial charge in [-0.25, -0.2) is 9.97 Å². The van der Waals surface area contributed by atoms with Crippen LogP contribution in [0.2, 0.25) is 0 Å². The molecule has 0 atom stereocenters. The molecule has 1 aromatic heterocycles. The quantitative estimate of drug-likeness (QED) is 0.863. The Morgan fingerprint density at radius 3 is 2.41 bits per heavy atom. The molecule has 0 radical (unpaired) electrons. The van der Waals surface area contributed by atoms with Crippen LogP contribution < -0.4 is 5.32 Å². The highest BCUT2D eigenvalue weighted by Gasteiger charge is 2.10. The second-order valence-electron chi connectivity index (χ2n) is 6.15. The number of anilines is 1. The van der Waals surface area contributed by atoms with Crippen molar-refractivity contribution in [3.63, 3.8) is 0 Å². The lowest BCUT2D eigenvalue weighted by Gasteiger charge is -2.18. The lowest BCUT2D eigenvalue weighted by atomic mass is 9.92. The van der Waals surface area contributed by atoms with E-state index in [1.807, 2.05) is 6.92 Å². The van der Waals surface area contributed by atoms with Crippen LogP contribution in [0.3, 0.4) is 0 Å². The summed E-state index contributed by atoms with van der Waals surface area (Å²) in [4.78, 5) is 8.94. The molecule has 0 saturated heterocycles. The first-order chi connectivity index (χ1) is 7.78. The molecular weight excluding hydrogens is 210 g/mol. The maximum Gasteiger partial charge on any atom is 0.223 e. The minimum absolute atomic E-state index is 0.345. The normalized spacial score (nSPS) is 11.9. The van der Waals surface area contributed by atoms with E-state index in [-0.39, 0.29) is 0 Å². The van der Waals surface area contributed by atoms with Gasteiger partial charge >= 0.3 is 0 Å². The molecule has 0 aromatic carbocycles. The molecule has 17 heavy (non-hydrogen) atoms. The van der Waals surface area contributed by atoms with E-state index in [2.05, 4.69) is 56.0 Å². The van der Waals surface area contributed by atoms with Gasteiger partial charge in [0.15, 0.2) is 0 Å². The van der Waals surface area contributed by atoms with Crippen molar-refractivity contribution in [2.45, 2.75) is 53.9 Å². The fourth-order valence-electron chi connectivity index (χ4n) is 1.52. The van der Waals surface area contributed by atoms with Gasteiger partial charge in [-0.15, -0.1) is 0 Å². The van der Waals surface area contributed by atoms with Crippen LogP contribution in [0.5, 0.6) is 0 Å². The molecule has 0 spiro atoms. The minimum Gasteiger partial charge on any atom is -0.354 e. The second kappa shape index (κ2) is 5.48. The summed E-state index contributed by atoms with van der Waals surface area (Å²) in [6.07, 6.45) is 1.11. The molecule has 0 bridgehead atoms.